The van der Waals surface area contributed by atoms with Gasteiger partial charge in [-0.2, -0.15) is 0 Å². The summed E-state index contributed by atoms with van der Waals surface area (Å²) in [5, 5.41) is 3.03. The summed E-state index contributed by atoms with van der Waals surface area (Å²) in [6.45, 7) is 0. The summed E-state index contributed by atoms with van der Waals surface area (Å²) in [5.41, 5.74) is 10.2. The molecule has 1 atom stereocenters. The molecule has 0 aromatic carbocycles. The number of aromatic nitrogens is 2. The van der Waals surface area contributed by atoms with Crippen LogP contribution in [0.4, 0.5) is 0 Å². The maximum Gasteiger partial charge on any atom is 0.116 e. The molecule has 0 bridgehead atoms. The minimum atomic E-state index is -0.137. The van der Waals surface area contributed by atoms with Crippen LogP contribution in [0.1, 0.15) is 40.2 Å². The quantitative estimate of drug-likeness (QED) is 0.892. The van der Waals surface area contributed by atoms with Crippen molar-refractivity contribution >= 4 is 22.7 Å². The third-order valence-electron chi connectivity index (χ3n) is 2.90. The molecule has 0 saturated carbocycles. The van der Waals surface area contributed by atoms with Crippen LogP contribution in [0, 0.1) is 0 Å². The lowest BCUT2D eigenvalue weighted by Gasteiger charge is -2.06. The Labute approximate surface area is 102 Å². The van der Waals surface area contributed by atoms with Gasteiger partial charge in [0.1, 0.15) is 11.0 Å². The van der Waals surface area contributed by atoms with Gasteiger partial charge in [0.2, 0.25) is 0 Å². The van der Waals surface area contributed by atoms with Gasteiger partial charge in [0.15, 0.2) is 0 Å². The van der Waals surface area contributed by atoms with Crippen molar-refractivity contribution < 1.29 is 0 Å². The zero-order valence-electron chi connectivity index (χ0n) is 8.85. The Morgan fingerprint density at radius 1 is 1.31 bits per heavy atom. The zero-order chi connectivity index (χ0) is 11.0. The molecule has 16 heavy (non-hydrogen) atoms. The third-order valence-corrected chi connectivity index (χ3v) is 4.74. The molecule has 0 amide bonds. The lowest BCUT2D eigenvalue weighted by Crippen LogP contribution is -2.11. The van der Waals surface area contributed by atoms with E-state index in [1.54, 1.807) is 22.7 Å². The van der Waals surface area contributed by atoms with Gasteiger partial charge < -0.3 is 5.73 Å². The molecule has 2 aromatic rings. The first-order valence-corrected chi connectivity index (χ1v) is 7.22. The molecule has 0 spiro atoms. The van der Waals surface area contributed by atoms with E-state index in [1.165, 1.54) is 29.8 Å². The molecule has 1 aliphatic rings. The fourth-order valence-electron chi connectivity index (χ4n) is 2.01. The van der Waals surface area contributed by atoms with Crippen molar-refractivity contribution in [3.63, 3.8) is 0 Å². The van der Waals surface area contributed by atoms with Crippen molar-refractivity contribution in [3.8, 4) is 0 Å². The van der Waals surface area contributed by atoms with Gasteiger partial charge in [-0.3, -0.25) is 0 Å². The third kappa shape index (κ3) is 1.79. The molecular weight excluding hydrogens is 238 g/mol. The van der Waals surface area contributed by atoms with Gasteiger partial charge in [-0.05, 0) is 25.7 Å². The lowest BCUT2D eigenvalue weighted by molar-refractivity contribution is 0.678. The van der Waals surface area contributed by atoms with E-state index in [9.17, 15) is 0 Å². The number of rotatable bonds is 2. The van der Waals surface area contributed by atoms with Gasteiger partial charge in [-0.15, -0.1) is 22.7 Å². The molecule has 0 saturated heterocycles. The largest absolute Gasteiger partial charge is 0.317 e. The van der Waals surface area contributed by atoms with E-state index in [0.29, 0.717) is 0 Å². The Morgan fingerprint density at radius 3 is 2.94 bits per heavy atom. The predicted octanol–water partition coefficient (Wildman–Crippen LogP) is 2.53. The highest BCUT2D eigenvalue weighted by molar-refractivity contribution is 7.12. The maximum atomic E-state index is 6.16. The standard InChI is InChI=1S/C11H13N3S2/c12-10(8-5-15-6-13-8)11-14-7-3-1-2-4-9(7)16-11/h5-6,10H,1-4,12H2. The first-order chi connectivity index (χ1) is 7.84. The van der Waals surface area contributed by atoms with Crippen molar-refractivity contribution in [1.82, 2.24) is 9.97 Å². The van der Waals surface area contributed by atoms with Crippen LogP contribution >= 0.6 is 22.7 Å². The van der Waals surface area contributed by atoms with Crippen molar-refractivity contribution in [2.24, 2.45) is 5.73 Å². The normalized spacial score (nSPS) is 17.1. The molecule has 0 radical (unpaired) electrons. The molecule has 2 heterocycles. The monoisotopic (exact) mass is 251 g/mol. The molecule has 1 aliphatic carbocycles. The molecule has 3 rings (SSSR count). The summed E-state index contributed by atoms with van der Waals surface area (Å²) in [7, 11) is 0. The highest BCUT2D eigenvalue weighted by Crippen LogP contribution is 2.31. The van der Waals surface area contributed by atoms with E-state index in [1.807, 2.05) is 10.9 Å². The maximum absolute atomic E-state index is 6.16. The van der Waals surface area contributed by atoms with Crippen LogP contribution in [-0.2, 0) is 12.8 Å². The average molecular weight is 251 g/mol. The summed E-state index contributed by atoms with van der Waals surface area (Å²) >= 11 is 3.35. The van der Waals surface area contributed by atoms with Gasteiger partial charge in [-0.1, -0.05) is 0 Å². The fraction of sp³-hybridized carbons (Fsp3) is 0.455. The molecule has 1 unspecified atom stereocenters. The van der Waals surface area contributed by atoms with Gasteiger partial charge in [-0.25, -0.2) is 9.97 Å². The van der Waals surface area contributed by atoms with E-state index < -0.39 is 0 Å². The number of aryl methyl sites for hydroxylation is 2. The minimum Gasteiger partial charge on any atom is -0.317 e. The highest BCUT2D eigenvalue weighted by Gasteiger charge is 2.20. The fourth-order valence-corrected chi connectivity index (χ4v) is 3.77. The summed E-state index contributed by atoms with van der Waals surface area (Å²) in [5.74, 6) is 0. The van der Waals surface area contributed by atoms with Crippen LogP contribution in [-0.4, -0.2) is 9.97 Å². The van der Waals surface area contributed by atoms with Crippen LogP contribution < -0.4 is 5.73 Å². The molecular formula is C11H13N3S2. The van der Waals surface area contributed by atoms with Gasteiger partial charge in [0.05, 0.1) is 16.9 Å². The number of nitrogens with zero attached hydrogens (tertiary/aromatic N) is 2. The summed E-state index contributed by atoms with van der Waals surface area (Å²) < 4.78 is 0. The van der Waals surface area contributed by atoms with E-state index in [-0.39, 0.29) is 6.04 Å². The van der Waals surface area contributed by atoms with Gasteiger partial charge in [0, 0.05) is 10.3 Å². The molecule has 3 nitrogen and oxygen atoms in total. The number of hydrogen-bond acceptors (Lipinski definition) is 5. The Kier molecular flexibility index (Phi) is 2.75. The van der Waals surface area contributed by atoms with Crippen LogP contribution in [0.3, 0.4) is 0 Å². The van der Waals surface area contributed by atoms with Gasteiger partial charge >= 0.3 is 0 Å². The van der Waals surface area contributed by atoms with Gasteiger partial charge in [0.25, 0.3) is 0 Å². The first kappa shape index (κ1) is 10.4. The molecule has 2 N–H and O–H groups in total. The summed E-state index contributed by atoms with van der Waals surface area (Å²) in [6.07, 6.45) is 4.86. The summed E-state index contributed by atoms with van der Waals surface area (Å²) in [6, 6.07) is -0.137. The van der Waals surface area contributed by atoms with E-state index in [2.05, 4.69) is 9.97 Å². The number of thiazole rings is 2. The average Bonchev–Trinajstić information content (AvgIpc) is 2.97. The molecule has 84 valence electrons. The zero-order valence-corrected chi connectivity index (χ0v) is 10.5. The second-order valence-electron chi connectivity index (χ2n) is 4.02. The Balaban J connectivity index is 1.92. The minimum absolute atomic E-state index is 0.137. The smallest absolute Gasteiger partial charge is 0.116 e. The summed E-state index contributed by atoms with van der Waals surface area (Å²) in [4.78, 5) is 10.4. The van der Waals surface area contributed by atoms with Crippen LogP contribution in [0.2, 0.25) is 0 Å². The molecule has 5 heteroatoms. The number of hydrogen-bond donors (Lipinski definition) is 1. The Hall–Kier alpha value is -0.780. The van der Waals surface area contributed by atoms with Crippen molar-refractivity contribution in [2.45, 2.75) is 31.7 Å². The SMILES string of the molecule is NC(c1cscn1)c1nc2c(s1)CCCC2. The lowest BCUT2D eigenvalue weighted by atomic mass is 10.0. The first-order valence-electron chi connectivity index (χ1n) is 5.47. The van der Waals surface area contributed by atoms with E-state index in [0.717, 1.165) is 17.1 Å². The Bertz CT molecular complexity index is 452. The van der Waals surface area contributed by atoms with Crippen molar-refractivity contribution in [3.05, 3.63) is 32.2 Å². The molecule has 2 aromatic heterocycles. The highest BCUT2D eigenvalue weighted by atomic mass is 32.1. The van der Waals surface area contributed by atoms with Crippen LogP contribution in [0.15, 0.2) is 10.9 Å². The second-order valence-corrected chi connectivity index (χ2v) is 5.85. The van der Waals surface area contributed by atoms with Crippen molar-refractivity contribution in [2.75, 3.05) is 0 Å². The molecule has 0 fully saturated rings. The predicted molar refractivity (Wildman–Crippen MR) is 66.9 cm³/mol. The Morgan fingerprint density at radius 2 is 2.19 bits per heavy atom. The van der Waals surface area contributed by atoms with Crippen LogP contribution in [0.25, 0.3) is 0 Å². The topological polar surface area (TPSA) is 51.8 Å². The molecule has 0 aliphatic heterocycles. The van der Waals surface area contributed by atoms with E-state index >= 15 is 0 Å². The van der Waals surface area contributed by atoms with E-state index in [4.69, 9.17) is 5.73 Å². The second kappa shape index (κ2) is 4.24. The van der Waals surface area contributed by atoms with Crippen LogP contribution in [0.5, 0.6) is 0 Å². The number of fused-ring (bicyclic) bond motifs is 1. The number of nitrogens with two attached hydrogens (primary N) is 1. The van der Waals surface area contributed by atoms with Crippen molar-refractivity contribution in [1.29, 1.82) is 0 Å².